The van der Waals surface area contributed by atoms with Crippen molar-refractivity contribution in [2.24, 2.45) is 5.92 Å². The van der Waals surface area contributed by atoms with Crippen LogP contribution in [0, 0.1) is 5.92 Å². The molecule has 0 fully saturated rings. The van der Waals surface area contributed by atoms with E-state index in [0.717, 1.165) is 31.7 Å². The first-order valence-electron chi connectivity index (χ1n) is 6.32. The fourth-order valence-electron chi connectivity index (χ4n) is 1.45. The molecule has 0 aliphatic carbocycles. The second-order valence-electron chi connectivity index (χ2n) is 5.02. The van der Waals surface area contributed by atoms with Crippen LogP contribution in [0.15, 0.2) is 0 Å². The first kappa shape index (κ1) is 15.4. The van der Waals surface area contributed by atoms with E-state index in [0.29, 0.717) is 13.0 Å². The summed E-state index contributed by atoms with van der Waals surface area (Å²) in [4.78, 5) is 13.4. The van der Waals surface area contributed by atoms with Gasteiger partial charge >= 0.3 is 5.97 Å². The van der Waals surface area contributed by atoms with Crippen molar-refractivity contribution in [3.8, 4) is 0 Å². The van der Waals surface area contributed by atoms with Crippen molar-refractivity contribution in [3.05, 3.63) is 0 Å². The van der Waals surface area contributed by atoms with Crippen LogP contribution in [-0.2, 0) is 9.53 Å². The third-order valence-corrected chi connectivity index (χ3v) is 2.43. The number of carbonyl (C=O) groups excluding carboxylic acids is 1. The number of rotatable bonds is 9. The SMILES string of the molecule is CC(C)CCCCOC(=O)CCCN(C)C. The number of unbranched alkanes of at least 4 members (excludes halogenated alkanes) is 1. The Kier molecular flexibility index (Phi) is 9.30. The molecule has 0 spiro atoms. The molecule has 0 saturated carbocycles. The van der Waals surface area contributed by atoms with Crippen LogP contribution in [-0.4, -0.2) is 38.1 Å². The molecule has 0 rings (SSSR count). The maximum absolute atomic E-state index is 11.3. The van der Waals surface area contributed by atoms with E-state index in [9.17, 15) is 4.79 Å². The molecule has 0 radical (unpaired) electrons. The molecule has 0 amide bonds. The Bertz CT molecular complexity index is 179. The molecule has 3 heteroatoms. The predicted octanol–water partition coefficient (Wildman–Crippen LogP) is 2.70. The van der Waals surface area contributed by atoms with E-state index >= 15 is 0 Å². The minimum Gasteiger partial charge on any atom is -0.466 e. The summed E-state index contributed by atoms with van der Waals surface area (Å²) in [5.41, 5.74) is 0. The molecule has 0 bridgehead atoms. The number of hydrogen-bond donors (Lipinski definition) is 0. The number of carbonyl (C=O) groups is 1. The zero-order valence-corrected chi connectivity index (χ0v) is 11.3. The van der Waals surface area contributed by atoms with E-state index in [-0.39, 0.29) is 5.97 Å². The Morgan fingerprint density at radius 1 is 1.19 bits per heavy atom. The van der Waals surface area contributed by atoms with Crippen molar-refractivity contribution in [2.75, 3.05) is 27.2 Å². The van der Waals surface area contributed by atoms with E-state index < -0.39 is 0 Å². The van der Waals surface area contributed by atoms with Gasteiger partial charge in [-0.1, -0.05) is 20.3 Å². The Labute approximate surface area is 100 Å². The fraction of sp³-hybridized carbons (Fsp3) is 0.923. The zero-order chi connectivity index (χ0) is 12.4. The van der Waals surface area contributed by atoms with Crippen LogP contribution in [0.5, 0.6) is 0 Å². The largest absolute Gasteiger partial charge is 0.466 e. The van der Waals surface area contributed by atoms with Crippen molar-refractivity contribution >= 4 is 5.97 Å². The lowest BCUT2D eigenvalue weighted by Crippen LogP contribution is -2.15. The summed E-state index contributed by atoms with van der Waals surface area (Å²) in [6.07, 6.45) is 4.80. The summed E-state index contributed by atoms with van der Waals surface area (Å²) >= 11 is 0. The van der Waals surface area contributed by atoms with Gasteiger partial charge < -0.3 is 9.64 Å². The van der Waals surface area contributed by atoms with Gasteiger partial charge in [0, 0.05) is 6.42 Å². The predicted molar refractivity (Wildman–Crippen MR) is 67.4 cm³/mol. The third-order valence-electron chi connectivity index (χ3n) is 2.43. The van der Waals surface area contributed by atoms with E-state index in [2.05, 4.69) is 18.7 Å². The van der Waals surface area contributed by atoms with Gasteiger partial charge in [0.05, 0.1) is 6.61 Å². The second-order valence-corrected chi connectivity index (χ2v) is 5.02. The van der Waals surface area contributed by atoms with Gasteiger partial charge in [-0.15, -0.1) is 0 Å². The summed E-state index contributed by atoms with van der Waals surface area (Å²) < 4.78 is 5.15. The van der Waals surface area contributed by atoms with Crippen LogP contribution in [0.1, 0.15) is 46.0 Å². The average Bonchev–Trinajstić information content (AvgIpc) is 2.16. The highest BCUT2D eigenvalue weighted by atomic mass is 16.5. The molecule has 0 aliphatic rings. The van der Waals surface area contributed by atoms with Crippen LogP contribution in [0.3, 0.4) is 0 Å². The van der Waals surface area contributed by atoms with Crippen LogP contribution in [0.4, 0.5) is 0 Å². The maximum atomic E-state index is 11.3. The minimum atomic E-state index is -0.0496. The standard InChI is InChI=1S/C13H27NO2/c1-12(2)8-5-6-11-16-13(15)9-7-10-14(3)4/h12H,5-11H2,1-4H3. The van der Waals surface area contributed by atoms with Crippen LogP contribution in [0.2, 0.25) is 0 Å². The molecule has 0 aromatic heterocycles. The highest BCUT2D eigenvalue weighted by Gasteiger charge is 2.03. The molecule has 0 atom stereocenters. The summed E-state index contributed by atoms with van der Waals surface area (Å²) in [5.74, 6) is 0.696. The first-order chi connectivity index (χ1) is 7.52. The molecule has 3 nitrogen and oxygen atoms in total. The van der Waals surface area contributed by atoms with Gasteiger partial charge in [-0.05, 0) is 45.8 Å². The minimum absolute atomic E-state index is 0.0496. The monoisotopic (exact) mass is 229 g/mol. The van der Waals surface area contributed by atoms with E-state index in [4.69, 9.17) is 4.74 Å². The Hall–Kier alpha value is -0.570. The number of esters is 1. The van der Waals surface area contributed by atoms with Gasteiger partial charge in [-0.2, -0.15) is 0 Å². The third kappa shape index (κ3) is 11.5. The first-order valence-corrected chi connectivity index (χ1v) is 6.32. The van der Waals surface area contributed by atoms with Gasteiger partial charge in [-0.3, -0.25) is 4.79 Å². The fourth-order valence-corrected chi connectivity index (χ4v) is 1.45. The van der Waals surface area contributed by atoms with Crippen molar-refractivity contribution in [1.29, 1.82) is 0 Å². The average molecular weight is 229 g/mol. The van der Waals surface area contributed by atoms with Gasteiger partial charge in [0.25, 0.3) is 0 Å². The van der Waals surface area contributed by atoms with Crippen molar-refractivity contribution in [3.63, 3.8) is 0 Å². The number of ether oxygens (including phenoxy) is 1. The van der Waals surface area contributed by atoms with E-state index in [1.54, 1.807) is 0 Å². The van der Waals surface area contributed by atoms with Gasteiger partial charge in [0.15, 0.2) is 0 Å². The molecule has 0 N–H and O–H groups in total. The summed E-state index contributed by atoms with van der Waals surface area (Å²) in [5, 5.41) is 0. The second kappa shape index (κ2) is 9.64. The highest BCUT2D eigenvalue weighted by Crippen LogP contribution is 2.06. The van der Waals surface area contributed by atoms with Crippen molar-refractivity contribution in [2.45, 2.75) is 46.0 Å². The molecule has 0 aliphatic heterocycles. The molecule has 16 heavy (non-hydrogen) atoms. The molecule has 0 heterocycles. The molecule has 0 unspecified atom stereocenters. The summed E-state index contributed by atoms with van der Waals surface area (Å²) in [7, 11) is 4.02. The smallest absolute Gasteiger partial charge is 0.305 e. The molecule has 0 saturated heterocycles. The number of hydrogen-bond acceptors (Lipinski definition) is 3. The molecule has 0 aromatic carbocycles. The molecular weight excluding hydrogens is 202 g/mol. The quantitative estimate of drug-likeness (QED) is 0.450. The van der Waals surface area contributed by atoms with Gasteiger partial charge in [0.2, 0.25) is 0 Å². The van der Waals surface area contributed by atoms with Gasteiger partial charge in [-0.25, -0.2) is 0 Å². The number of nitrogens with zero attached hydrogens (tertiary/aromatic N) is 1. The Balaban J connectivity index is 3.24. The Morgan fingerprint density at radius 3 is 2.44 bits per heavy atom. The van der Waals surface area contributed by atoms with Crippen molar-refractivity contribution in [1.82, 2.24) is 4.90 Å². The van der Waals surface area contributed by atoms with Crippen LogP contribution < -0.4 is 0 Å². The van der Waals surface area contributed by atoms with Crippen LogP contribution in [0.25, 0.3) is 0 Å². The lowest BCUT2D eigenvalue weighted by Gasteiger charge is -2.09. The van der Waals surface area contributed by atoms with Gasteiger partial charge in [0.1, 0.15) is 0 Å². The summed E-state index contributed by atoms with van der Waals surface area (Å²) in [6, 6.07) is 0. The Morgan fingerprint density at radius 2 is 1.88 bits per heavy atom. The normalized spacial score (nSPS) is 11.1. The topological polar surface area (TPSA) is 29.5 Å². The maximum Gasteiger partial charge on any atom is 0.305 e. The molecular formula is C13H27NO2. The molecule has 96 valence electrons. The van der Waals surface area contributed by atoms with E-state index in [1.165, 1.54) is 6.42 Å². The van der Waals surface area contributed by atoms with Crippen molar-refractivity contribution < 1.29 is 9.53 Å². The summed E-state index contributed by atoms with van der Waals surface area (Å²) in [6.45, 7) is 5.97. The molecule has 0 aromatic rings. The highest BCUT2D eigenvalue weighted by molar-refractivity contribution is 5.69. The lowest BCUT2D eigenvalue weighted by molar-refractivity contribution is -0.143. The van der Waals surface area contributed by atoms with E-state index in [1.807, 2.05) is 14.1 Å². The lowest BCUT2D eigenvalue weighted by atomic mass is 10.1. The van der Waals surface area contributed by atoms with Crippen LogP contribution >= 0.6 is 0 Å². The zero-order valence-electron chi connectivity index (χ0n) is 11.3.